The monoisotopic (exact) mass is 364 g/mol. The van der Waals surface area contributed by atoms with E-state index >= 15 is 0 Å². The van der Waals surface area contributed by atoms with Gasteiger partial charge in [-0.15, -0.1) is 0 Å². The Kier molecular flexibility index (Phi) is 4.78. The average Bonchev–Trinajstić information content (AvgIpc) is 3.14. The number of piperidine rings is 1. The molecule has 9 heteroatoms. The Balaban J connectivity index is 1.79. The summed E-state index contributed by atoms with van der Waals surface area (Å²) in [5.41, 5.74) is 0.200. The average molecular weight is 364 g/mol. The van der Waals surface area contributed by atoms with Crippen molar-refractivity contribution in [3.63, 3.8) is 0 Å². The third kappa shape index (κ3) is 3.67. The molecule has 8 nitrogen and oxygen atoms in total. The first kappa shape index (κ1) is 17.4. The van der Waals surface area contributed by atoms with Gasteiger partial charge >= 0.3 is 0 Å². The predicted molar refractivity (Wildman–Crippen MR) is 90.8 cm³/mol. The van der Waals surface area contributed by atoms with E-state index in [2.05, 4.69) is 9.97 Å². The van der Waals surface area contributed by atoms with E-state index in [1.165, 1.54) is 25.3 Å². The molecule has 3 N–H and O–H groups in total. The summed E-state index contributed by atoms with van der Waals surface area (Å²) in [5, 5.41) is 5.16. The molecule has 1 aliphatic heterocycles. The molecule has 3 rings (SSSR count). The van der Waals surface area contributed by atoms with Gasteiger partial charge in [0.05, 0.1) is 17.6 Å². The van der Waals surface area contributed by atoms with Crippen LogP contribution in [0.25, 0.3) is 0 Å². The predicted octanol–water partition coefficient (Wildman–Crippen LogP) is 1.09. The number of amides is 1. The number of carbonyl (C=O) groups excluding carboxylic acids is 1. The van der Waals surface area contributed by atoms with Crippen LogP contribution < -0.4 is 9.88 Å². The summed E-state index contributed by atoms with van der Waals surface area (Å²) in [6, 6.07) is 4.05. The maximum atomic E-state index is 12.8. The van der Waals surface area contributed by atoms with Crippen LogP contribution in [0.4, 0.5) is 0 Å². The molecule has 0 radical (unpaired) electrons. The molecule has 2 aromatic rings. The van der Waals surface area contributed by atoms with Gasteiger partial charge in [-0.05, 0) is 31.0 Å². The minimum atomic E-state index is -3.89. The zero-order valence-electron chi connectivity index (χ0n) is 13.8. The lowest BCUT2D eigenvalue weighted by Gasteiger charge is -2.31. The van der Waals surface area contributed by atoms with E-state index in [9.17, 15) is 13.2 Å². The number of H-pyrrole nitrogens is 1. The molecule has 0 bridgehead atoms. The number of nitrogens with one attached hydrogen (secondary N) is 1. The van der Waals surface area contributed by atoms with Crippen molar-refractivity contribution in [3.05, 3.63) is 42.0 Å². The molecule has 1 fully saturated rings. The fraction of sp³-hybridized carbons (Fsp3) is 0.375. The number of sulfonamides is 1. The maximum absolute atomic E-state index is 12.8. The van der Waals surface area contributed by atoms with Crippen molar-refractivity contribution in [2.45, 2.75) is 23.7 Å². The van der Waals surface area contributed by atoms with Gasteiger partial charge in [0, 0.05) is 31.4 Å². The number of methoxy groups -OCH3 is 1. The Morgan fingerprint density at radius 3 is 2.64 bits per heavy atom. The second-order valence-corrected chi connectivity index (χ2v) is 7.51. The van der Waals surface area contributed by atoms with Crippen LogP contribution in [0.15, 0.2) is 35.5 Å². The summed E-state index contributed by atoms with van der Waals surface area (Å²) >= 11 is 0. The Hall–Kier alpha value is -2.39. The highest BCUT2D eigenvalue weighted by Crippen LogP contribution is 2.29. The van der Waals surface area contributed by atoms with E-state index in [1.54, 1.807) is 17.3 Å². The minimum absolute atomic E-state index is 0.109. The van der Waals surface area contributed by atoms with Crippen LogP contribution in [-0.2, 0) is 10.0 Å². The van der Waals surface area contributed by atoms with Gasteiger partial charge in [-0.2, -0.15) is 0 Å². The molecular formula is C16H20N4O4S. The van der Waals surface area contributed by atoms with Gasteiger partial charge in [-0.1, -0.05) is 0 Å². The third-order valence-electron chi connectivity index (χ3n) is 4.42. The largest absolute Gasteiger partial charge is 0.496 e. The molecule has 0 aliphatic carbocycles. The standard InChI is InChI=1S/C16H20N4O4S/c1-24-14-3-2-12(25(17,22)23)10-13(14)16(21)20-8-4-11(5-9-20)15-18-6-7-19-15/h2-3,6-7,10-11H,4-5,8-9H2,1H3,(H,18,19)(H2,17,22,23). The van der Waals surface area contributed by atoms with Crippen molar-refractivity contribution in [2.75, 3.05) is 20.2 Å². The maximum Gasteiger partial charge on any atom is 0.257 e. The molecular weight excluding hydrogens is 344 g/mol. The van der Waals surface area contributed by atoms with Crippen molar-refractivity contribution >= 4 is 15.9 Å². The number of aromatic amines is 1. The second kappa shape index (κ2) is 6.85. The number of carbonyl (C=O) groups is 1. The quantitative estimate of drug-likeness (QED) is 0.842. The second-order valence-electron chi connectivity index (χ2n) is 5.95. The van der Waals surface area contributed by atoms with E-state index < -0.39 is 10.0 Å². The highest BCUT2D eigenvalue weighted by atomic mass is 32.2. The van der Waals surface area contributed by atoms with Gasteiger partial charge in [0.25, 0.3) is 5.91 Å². The zero-order chi connectivity index (χ0) is 18.0. The normalized spacial score (nSPS) is 16.0. The molecule has 2 heterocycles. The lowest BCUT2D eigenvalue weighted by atomic mass is 9.95. The van der Waals surface area contributed by atoms with Crippen LogP contribution in [-0.4, -0.2) is 49.4 Å². The molecule has 1 amide bonds. The highest BCUT2D eigenvalue weighted by Gasteiger charge is 2.28. The Labute approximate surface area is 146 Å². The molecule has 1 saturated heterocycles. The minimum Gasteiger partial charge on any atom is -0.496 e. The molecule has 0 atom stereocenters. The fourth-order valence-electron chi connectivity index (χ4n) is 3.06. The van der Waals surface area contributed by atoms with E-state index in [1.807, 2.05) is 0 Å². The molecule has 0 saturated carbocycles. The molecule has 25 heavy (non-hydrogen) atoms. The molecule has 0 spiro atoms. The van der Waals surface area contributed by atoms with Crippen LogP contribution in [0.5, 0.6) is 5.75 Å². The number of rotatable bonds is 4. The summed E-state index contributed by atoms with van der Waals surface area (Å²) in [5.74, 6) is 1.28. The van der Waals surface area contributed by atoms with E-state index in [0.29, 0.717) is 18.8 Å². The van der Waals surface area contributed by atoms with Crippen LogP contribution in [0.1, 0.15) is 34.9 Å². The number of hydrogen-bond donors (Lipinski definition) is 2. The first-order chi connectivity index (χ1) is 11.9. The van der Waals surface area contributed by atoms with Gasteiger partial charge < -0.3 is 14.6 Å². The summed E-state index contributed by atoms with van der Waals surface area (Å²) in [4.78, 5) is 21.8. The van der Waals surface area contributed by atoms with Crippen LogP contribution in [0.3, 0.4) is 0 Å². The Bertz CT molecular complexity index is 856. The Morgan fingerprint density at radius 1 is 1.36 bits per heavy atom. The highest BCUT2D eigenvalue weighted by molar-refractivity contribution is 7.89. The van der Waals surface area contributed by atoms with Crippen molar-refractivity contribution in [1.29, 1.82) is 0 Å². The van der Waals surface area contributed by atoms with Crippen LogP contribution >= 0.6 is 0 Å². The fourth-order valence-corrected chi connectivity index (χ4v) is 3.60. The van der Waals surface area contributed by atoms with Gasteiger partial charge in [0.1, 0.15) is 11.6 Å². The topological polar surface area (TPSA) is 118 Å². The summed E-state index contributed by atoms with van der Waals surface area (Å²) in [6.07, 6.45) is 5.08. The zero-order valence-corrected chi connectivity index (χ0v) is 14.6. The molecule has 0 unspecified atom stereocenters. The molecule has 1 aromatic carbocycles. The van der Waals surface area contributed by atoms with E-state index in [0.717, 1.165) is 18.7 Å². The number of likely N-dealkylation sites (tertiary alicyclic amines) is 1. The van der Waals surface area contributed by atoms with Gasteiger partial charge in [0.2, 0.25) is 10.0 Å². The van der Waals surface area contributed by atoms with Crippen LogP contribution in [0.2, 0.25) is 0 Å². The lowest BCUT2D eigenvalue weighted by Crippen LogP contribution is -2.38. The summed E-state index contributed by atoms with van der Waals surface area (Å²) < 4.78 is 28.3. The van der Waals surface area contributed by atoms with Crippen molar-refractivity contribution in [3.8, 4) is 5.75 Å². The van der Waals surface area contributed by atoms with Gasteiger partial charge in [-0.25, -0.2) is 18.5 Å². The van der Waals surface area contributed by atoms with Gasteiger partial charge in [0.15, 0.2) is 0 Å². The SMILES string of the molecule is COc1ccc(S(N)(=O)=O)cc1C(=O)N1CCC(c2ncc[nH]2)CC1. The number of ether oxygens (including phenoxy) is 1. The van der Waals surface area contributed by atoms with Crippen molar-refractivity contribution < 1.29 is 17.9 Å². The van der Waals surface area contributed by atoms with E-state index in [-0.39, 0.29) is 22.3 Å². The number of nitrogens with zero attached hydrogens (tertiary/aromatic N) is 2. The Morgan fingerprint density at radius 2 is 2.08 bits per heavy atom. The lowest BCUT2D eigenvalue weighted by molar-refractivity contribution is 0.0707. The molecule has 134 valence electrons. The van der Waals surface area contributed by atoms with Crippen LogP contribution in [0, 0.1) is 0 Å². The van der Waals surface area contributed by atoms with Crippen molar-refractivity contribution in [1.82, 2.24) is 14.9 Å². The van der Waals surface area contributed by atoms with Gasteiger partial charge in [-0.3, -0.25) is 4.79 Å². The number of benzene rings is 1. The number of primary sulfonamides is 1. The number of nitrogens with two attached hydrogens (primary N) is 1. The first-order valence-electron chi connectivity index (χ1n) is 7.89. The number of aromatic nitrogens is 2. The first-order valence-corrected chi connectivity index (χ1v) is 9.44. The van der Waals surface area contributed by atoms with E-state index in [4.69, 9.17) is 9.88 Å². The smallest absolute Gasteiger partial charge is 0.257 e. The molecule has 1 aliphatic rings. The number of imidazole rings is 1. The summed E-state index contributed by atoms with van der Waals surface area (Å²) in [6.45, 7) is 1.12. The molecule has 1 aromatic heterocycles. The third-order valence-corrected chi connectivity index (χ3v) is 5.33. The summed E-state index contributed by atoms with van der Waals surface area (Å²) in [7, 11) is -2.46. The van der Waals surface area contributed by atoms with Crippen molar-refractivity contribution in [2.24, 2.45) is 5.14 Å². The number of hydrogen-bond acceptors (Lipinski definition) is 5.